The Morgan fingerprint density at radius 3 is 1.73 bits per heavy atom. The van der Waals surface area contributed by atoms with E-state index in [1.165, 1.54) is 0 Å². The Balaban J connectivity index is 2.18. The molecule has 0 amide bonds. The molecule has 84 valence electrons. The van der Waals surface area contributed by atoms with E-state index < -0.39 is 29.9 Å². The van der Waals surface area contributed by atoms with Gasteiger partial charge in [-0.05, 0) is 12.8 Å². The molecule has 2 aliphatic rings. The quantitative estimate of drug-likeness (QED) is 0.685. The lowest BCUT2D eigenvalue weighted by Crippen LogP contribution is -2.36. The summed E-state index contributed by atoms with van der Waals surface area (Å²) in [5.41, 5.74) is 0. The molecule has 1 aliphatic heterocycles. The zero-order valence-electron chi connectivity index (χ0n) is 8.01. The number of carboxylic acid groups (broad SMARTS) is 2. The van der Waals surface area contributed by atoms with Crippen molar-refractivity contribution in [1.82, 2.24) is 0 Å². The minimum Gasteiger partial charge on any atom is -0.479 e. The Hall–Kier alpha value is -1.14. The highest BCUT2D eigenvalue weighted by molar-refractivity contribution is 5.84. The third kappa shape index (κ3) is 1.70. The molecule has 1 aliphatic carbocycles. The van der Waals surface area contributed by atoms with Crippen LogP contribution in [0.4, 0.5) is 0 Å². The van der Waals surface area contributed by atoms with E-state index >= 15 is 0 Å². The summed E-state index contributed by atoms with van der Waals surface area (Å²) in [5, 5.41) is 17.6. The van der Waals surface area contributed by atoms with Crippen LogP contribution >= 0.6 is 0 Å². The molecule has 0 bridgehead atoms. The molecule has 0 aromatic carbocycles. The predicted octanol–water partition coefficient (Wildman–Crippen LogP) is 0.210. The molecular formula is C9H12O6. The average Bonchev–Trinajstić information content (AvgIpc) is 2.74. The lowest BCUT2D eigenvalue weighted by atomic mass is 10.2. The van der Waals surface area contributed by atoms with Gasteiger partial charge in [0.25, 0.3) is 0 Å². The van der Waals surface area contributed by atoms with Gasteiger partial charge in [0.15, 0.2) is 18.0 Å². The highest BCUT2D eigenvalue weighted by atomic mass is 16.8. The van der Waals surface area contributed by atoms with Crippen LogP contribution in [0.25, 0.3) is 0 Å². The molecule has 6 heteroatoms. The maximum Gasteiger partial charge on any atom is 0.336 e. The molecule has 1 heterocycles. The van der Waals surface area contributed by atoms with Gasteiger partial charge in [-0.15, -0.1) is 0 Å². The minimum absolute atomic E-state index is 0.570. The lowest BCUT2D eigenvalue weighted by Gasteiger charge is -2.20. The van der Waals surface area contributed by atoms with Crippen LogP contribution in [0.1, 0.15) is 25.7 Å². The molecule has 2 rings (SSSR count). The van der Waals surface area contributed by atoms with E-state index in [1.54, 1.807) is 0 Å². The van der Waals surface area contributed by atoms with Gasteiger partial charge >= 0.3 is 11.9 Å². The van der Waals surface area contributed by atoms with Gasteiger partial charge in [-0.1, -0.05) is 0 Å². The van der Waals surface area contributed by atoms with Gasteiger partial charge in [-0.3, -0.25) is 0 Å². The van der Waals surface area contributed by atoms with Crippen LogP contribution < -0.4 is 0 Å². The normalized spacial score (nSPS) is 33.3. The second kappa shape index (κ2) is 3.46. The van der Waals surface area contributed by atoms with Gasteiger partial charge in [-0.25, -0.2) is 9.59 Å². The summed E-state index contributed by atoms with van der Waals surface area (Å²) in [5.74, 6) is -3.54. The number of hydrogen-bond acceptors (Lipinski definition) is 4. The molecular weight excluding hydrogens is 204 g/mol. The van der Waals surface area contributed by atoms with Crippen molar-refractivity contribution < 1.29 is 29.3 Å². The summed E-state index contributed by atoms with van der Waals surface area (Å²) in [7, 11) is 0. The highest BCUT2D eigenvalue weighted by Gasteiger charge is 2.54. The van der Waals surface area contributed by atoms with Gasteiger partial charge in [0.05, 0.1) is 0 Å². The predicted molar refractivity (Wildman–Crippen MR) is 46.2 cm³/mol. The molecule has 1 saturated carbocycles. The van der Waals surface area contributed by atoms with Crippen LogP contribution in [-0.2, 0) is 19.1 Å². The Labute approximate surface area is 85.8 Å². The van der Waals surface area contributed by atoms with Crippen LogP contribution in [0.15, 0.2) is 0 Å². The lowest BCUT2D eigenvalue weighted by molar-refractivity contribution is -0.183. The SMILES string of the molecule is O=C(O)[C@@H]1OC2(CCCC2)O[C@H]1C(=O)O. The molecule has 2 N–H and O–H groups in total. The van der Waals surface area contributed by atoms with Crippen LogP contribution in [0, 0.1) is 0 Å². The molecule has 0 aromatic heterocycles. The Morgan fingerprint density at radius 2 is 1.40 bits per heavy atom. The Morgan fingerprint density at radius 1 is 1.00 bits per heavy atom. The molecule has 1 saturated heterocycles. The first-order valence-electron chi connectivity index (χ1n) is 4.85. The number of aliphatic carboxylic acids is 2. The highest BCUT2D eigenvalue weighted by Crippen LogP contribution is 2.41. The van der Waals surface area contributed by atoms with Gasteiger partial charge in [0, 0.05) is 12.8 Å². The van der Waals surface area contributed by atoms with Gasteiger partial charge < -0.3 is 19.7 Å². The molecule has 2 fully saturated rings. The van der Waals surface area contributed by atoms with E-state index in [-0.39, 0.29) is 0 Å². The summed E-state index contributed by atoms with van der Waals surface area (Å²) in [6, 6.07) is 0. The molecule has 6 nitrogen and oxygen atoms in total. The molecule has 2 atom stereocenters. The molecule has 15 heavy (non-hydrogen) atoms. The monoisotopic (exact) mass is 216 g/mol. The topological polar surface area (TPSA) is 93.1 Å². The summed E-state index contributed by atoms with van der Waals surface area (Å²) >= 11 is 0. The summed E-state index contributed by atoms with van der Waals surface area (Å²) in [4.78, 5) is 21.6. The van der Waals surface area contributed by atoms with Crippen molar-refractivity contribution in [2.75, 3.05) is 0 Å². The standard InChI is InChI=1S/C9H12O6/c10-7(11)5-6(8(12)13)15-9(14-5)3-1-2-4-9/h5-6H,1-4H2,(H,10,11)(H,12,13)/t5-,6-/m1/s1. The van der Waals surface area contributed by atoms with Crippen molar-refractivity contribution in [2.45, 2.75) is 43.7 Å². The summed E-state index contributed by atoms with van der Waals surface area (Å²) in [6.07, 6.45) is 0.111. The van der Waals surface area contributed by atoms with Crippen LogP contribution in [0.3, 0.4) is 0 Å². The third-order valence-corrected chi connectivity index (χ3v) is 2.81. The van der Waals surface area contributed by atoms with Crippen molar-refractivity contribution in [3.05, 3.63) is 0 Å². The zero-order chi connectivity index (χ0) is 11.1. The van der Waals surface area contributed by atoms with Crippen LogP contribution in [0.5, 0.6) is 0 Å². The number of ether oxygens (including phenoxy) is 2. The fourth-order valence-electron chi connectivity index (χ4n) is 2.12. The number of hydrogen-bond donors (Lipinski definition) is 2. The first-order chi connectivity index (χ1) is 7.04. The minimum atomic E-state index is -1.39. The maximum absolute atomic E-state index is 10.8. The van der Waals surface area contributed by atoms with Crippen molar-refractivity contribution in [3.8, 4) is 0 Å². The molecule has 0 unspecified atom stereocenters. The number of carbonyl (C=O) groups is 2. The van der Waals surface area contributed by atoms with E-state index in [1.807, 2.05) is 0 Å². The van der Waals surface area contributed by atoms with E-state index in [0.29, 0.717) is 12.8 Å². The zero-order valence-corrected chi connectivity index (χ0v) is 8.01. The third-order valence-electron chi connectivity index (χ3n) is 2.81. The fourth-order valence-corrected chi connectivity index (χ4v) is 2.12. The number of carboxylic acids is 2. The van der Waals surface area contributed by atoms with E-state index in [2.05, 4.69) is 0 Å². The van der Waals surface area contributed by atoms with Crippen LogP contribution in [-0.4, -0.2) is 40.1 Å². The number of rotatable bonds is 2. The second-order valence-corrected chi connectivity index (χ2v) is 3.87. The average molecular weight is 216 g/mol. The van der Waals surface area contributed by atoms with E-state index in [9.17, 15) is 9.59 Å². The molecule has 0 aromatic rings. The Kier molecular flexibility index (Phi) is 2.40. The molecule has 0 radical (unpaired) electrons. The Bertz CT molecular complexity index is 269. The van der Waals surface area contributed by atoms with Gasteiger partial charge in [-0.2, -0.15) is 0 Å². The second-order valence-electron chi connectivity index (χ2n) is 3.87. The molecule has 1 spiro atoms. The van der Waals surface area contributed by atoms with Crippen molar-refractivity contribution >= 4 is 11.9 Å². The van der Waals surface area contributed by atoms with Gasteiger partial charge in [0.2, 0.25) is 0 Å². The maximum atomic E-state index is 10.8. The van der Waals surface area contributed by atoms with Gasteiger partial charge in [0.1, 0.15) is 0 Å². The summed E-state index contributed by atoms with van der Waals surface area (Å²) in [6.45, 7) is 0. The largest absolute Gasteiger partial charge is 0.479 e. The first-order valence-corrected chi connectivity index (χ1v) is 4.85. The van der Waals surface area contributed by atoms with E-state index in [0.717, 1.165) is 12.8 Å². The van der Waals surface area contributed by atoms with E-state index in [4.69, 9.17) is 19.7 Å². The van der Waals surface area contributed by atoms with Crippen molar-refractivity contribution in [3.63, 3.8) is 0 Å². The first kappa shape index (κ1) is 10.4. The van der Waals surface area contributed by atoms with Crippen molar-refractivity contribution in [1.29, 1.82) is 0 Å². The smallest absolute Gasteiger partial charge is 0.336 e. The van der Waals surface area contributed by atoms with Crippen LogP contribution in [0.2, 0.25) is 0 Å². The summed E-state index contributed by atoms with van der Waals surface area (Å²) < 4.78 is 10.5. The van der Waals surface area contributed by atoms with Crippen molar-refractivity contribution in [2.24, 2.45) is 0 Å². The fraction of sp³-hybridized carbons (Fsp3) is 0.778.